The lowest BCUT2D eigenvalue weighted by Crippen LogP contribution is -2.06. The van der Waals surface area contributed by atoms with Gasteiger partial charge in [-0.1, -0.05) is 19.3 Å². The van der Waals surface area contributed by atoms with Crippen LogP contribution in [0.3, 0.4) is 0 Å². The van der Waals surface area contributed by atoms with Gasteiger partial charge in [0.15, 0.2) is 0 Å². The zero-order valence-electron chi connectivity index (χ0n) is 10.8. The summed E-state index contributed by atoms with van der Waals surface area (Å²) in [7, 11) is 0. The largest absolute Gasteiger partial charge is 0.329 e. The van der Waals surface area contributed by atoms with E-state index in [1.54, 1.807) is 6.33 Å². The monoisotopic (exact) mass is 241 g/mol. The lowest BCUT2D eigenvalue weighted by molar-refractivity contribution is 0.457. The molecule has 2 fully saturated rings. The van der Waals surface area contributed by atoms with Crippen LogP contribution in [0.4, 0.5) is 0 Å². The fraction of sp³-hybridized carbons (Fsp3) is 0.600. The molecule has 2 aromatic rings. The Labute approximate surface area is 107 Å². The van der Waals surface area contributed by atoms with E-state index in [-0.39, 0.29) is 0 Å². The number of nitrogens with zero attached hydrogens (tertiary/aromatic N) is 3. The highest BCUT2D eigenvalue weighted by Gasteiger charge is 2.38. The van der Waals surface area contributed by atoms with Crippen LogP contribution < -0.4 is 0 Å². The third-order valence-corrected chi connectivity index (χ3v) is 5.07. The Morgan fingerprint density at radius 3 is 2.72 bits per heavy atom. The Kier molecular flexibility index (Phi) is 2.23. The van der Waals surface area contributed by atoms with Gasteiger partial charge in [-0.25, -0.2) is 9.97 Å². The molecule has 0 spiro atoms. The first-order valence-electron chi connectivity index (χ1n) is 7.11. The van der Waals surface area contributed by atoms with Crippen molar-refractivity contribution in [3.63, 3.8) is 0 Å². The summed E-state index contributed by atoms with van der Waals surface area (Å²) in [4.78, 5) is 8.77. The summed E-state index contributed by atoms with van der Waals surface area (Å²) in [6.07, 6.45) is 11.0. The van der Waals surface area contributed by atoms with Crippen molar-refractivity contribution < 1.29 is 0 Å². The molecule has 0 aliphatic heterocycles. The van der Waals surface area contributed by atoms with Crippen molar-refractivity contribution in [2.45, 2.75) is 45.1 Å². The second kappa shape index (κ2) is 3.81. The highest BCUT2D eigenvalue weighted by molar-refractivity contribution is 5.78. The van der Waals surface area contributed by atoms with E-state index >= 15 is 0 Å². The topological polar surface area (TPSA) is 30.7 Å². The van der Waals surface area contributed by atoms with Crippen LogP contribution in [0, 0.1) is 18.8 Å². The molecule has 2 saturated carbocycles. The van der Waals surface area contributed by atoms with Gasteiger partial charge in [0.2, 0.25) is 0 Å². The van der Waals surface area contributed by atoms with E-state index < -0.39 is 0 Å². The van der Waals surface area contributed by atoms with Crippen LogP contribution in [-0.4, -0.2) is 14.5 Å². The summed E-state index contributed by atoms with van der Waals surface area (Å²) < 4.78 is 2.41. The number of hydrogen-bond donors (Lipinski definition) is 0. The van der Waals surface area contributed by atoms with Gasteiger partial charge in [0.05, 0.1) is 5.69 Å². The number of aryl methyl sites for hydroxylation is 1. The minimum atomic E-state index is 0.673. The molecule has 18 heavy (non-hydrogen) atoms. The Morgan fingerprint density at radius 1 is 1.17 bits per heavy atom. The highest BCUT2D eigenvalue weighted by Crippen LogP contribution is 2.49. The first-order chi connectivity index (χ1) is 8.83. The van der Waals surface area contributed by atoms with Crippen molar-refractivity contribution in [1.82, 2.24) is 14.5 Å². The molecule has 94 valence electrons. The summed E-state index contributed by atoms with van der Waals surface area (Å²) in [5.41, 5.74) is 2.23. The van der Waals surface area contributed by atoms with Gasteiger partial charge in [-0.05, 0) is 37.7 Å². The minimum Gasteiger partial charge on any atom is -0.329 e. The van der Waals surface area contributed by atoms with E-state index in [0.29, 0.717) is 6.04 Å². The van der Waals surface area contributed by atoms with Crippen molar-refractivity contribution in [1.29, 1.82) is 0 Å². The number of hydrogen-bond acceptors (Lipinski definition) is 2. The van der Waals surface area contributed by atoms with Crippen LogP contribution in [0.1, 0.15) is 43.8 Å². The molecule has 0 N–H and O–H groups in total. The third kappa shape index (κ3) is 1.43. The van der Waals surface area contributed by atoms with E-state index in [1.807, 2.05) is 0 Å². The van der Waals surface area contributed by atoms with E-state index in [2.05, 4.69) is 33.7 Å². The molecular weight excluding hydrogens is 222 g/mol. The van der Waals surface area contributed by atoms with E-state index in [9.17, 15) is 0 Å². The molecular formula is C15H19N3. The molecule has 0 aromatic carbocycles. The zero-order valence-corrected chi connectivity index (χ0v) is 10.8. The molecule has 4 rings (SSSR count). The van der Waals surface area contributed by atoms with Gasteiger partial charge in [0.25, 0.3) is 0 Å². The lowest BCUT2D eigenvalue weighted by atomic mass is 10.0. The number of aromatic nitrogens is 3. The van der Waals surface area contributed by atoms with Gasteiger partial charge < -0.3 is 4.57 Å². The van der Waals surface area contributed by atoms with E-state index in [1.165, 1.54) is 37.5 Å². The van der Waals surface area contributed by atoms with Gasteiger partial charge in [-0.3, -0.25) is 0 Å². The number of rotatable bonds is 1. The van der Waals surface area contributed by atoms with Gasteiger partial charge in [-0.15, -0.1) is 0 Å². The predicted molar refractivity (Wildman–Crippen MR) is 71.4 cm³/mol. The Bertz CT molecular complexity index is 574. The summed E-state index contributed by atoms with van der Waals surface area (Å²) in [6, 6.07) is 2.85. The molecule has 2 aromatic heterocycles. The molecule has 0 amide bonds. The summed E-state index contributed by atoms with van der Waals surface area (Å²) in [5.74, 6) is 1.96. The molecule has 0 radical (unpaired) electrons. The van der Waals surface area contributed by atoms with Gasteiger partial charge in [-0.2, -0.15) is 0 Å². The summed E-state index contributed by atoms with van der Waals surface area (Å²) >= 11 is 0. The maximum absolute atomic E-state index is 4.49. The fourth-order valence-corrected chi connectivity index (χ4v) is 4.15. The quantitative estimate of drug-likeness (QED) is 0.765. The molecule has 2 aliphatic rings. The van der Waals surface area contributed by atoms with Crippen LogP contribution in [0.25, 0.3) is 11.0 Å². The van der Waals surface area contributed by atoms with Crippen LogP contribution >= 0.6 is 0 Å². The van der Waals surface area contributed by atoms with Crippen molar-refractivity contribution in [3.8, 4) is 0 Å². The second-order valence-electron chi connectivity index (χ2n) is 6.00. The summed E-state index contributed by atoms with van der Waals surface area (Å²) in [6.45, 7) is 2.07. The maximum atomic E-state index is 4.49. The van der Waals surface area contributed by atoms with Crippen LogP contribution in [0.5, 0.6) is 0 Å². The van der Waals surface area contributed by atoms with E-state index in [0.717, 1.165) is 23.2 Å². The average molecular weight is 241 g/mol. The van der Waals surface area contributed by atoms with Gasteiger partial charge in [0, 0.05) is 17.6 Å². The van der Waals surface area contributed by atoms with Gasteiger partial charge in [0.1, 0.15) is 12.0 Å². The SMILES string of the molecule is Cc1ncnc2c1ccn2C1CC2CCCC2C1. The normalized spacial score (nSPS) is 31.1. The molecule has 3 heteroatoms. The molecule has 3 nitrogen and oxygen atoms in total. The minimum absolute atomic E-state index is 0.673. The first kappa shape index (κ1) is 10.5. The Hall–Kier alpha value is -1.38. The maximum Gasteiger partial charge on any atom is 0.143 e. The molecule has 2 atom stereocenters. The van der Waals surface area contributed by atoms with Gasteiger partial charge >= 0.3 is 0 Å². The average Bonchev–Trinajstić information content (AvgIpc) is 3.00. The van der Waals surface area contributed by atoms with Crippen molar-refractivity contribution >= 4 is 11.0 Å². The molecule has 2 aliphatic carbocycles. The third-order valence-electron chi connectivity index (χ3n) is 5.07. The van der Waals surface area contributed by atoms with E-state index in [4.69, 9.17) is 0 Å². The van der Waals surface area contributed by atoms with Crippen LogP contribution in [-0.2, 0) is 0 Å². The smallest absolute Gasteiger partial charge is 0.143 e. The number of fused-ring (bicyclic) bond motifs is 2. The molecule has 0 saturated heterocycles. The highest BCUT2D eigenvalue weighted by atomic mass is 15.1. The Morgan fingerprint density at radius 2 is 1.94 bits per heavy atom. The molecule has 2 unspecified atom stereocenters. The van der Waals surface area contributed by atoms with Crippen molar-refractivity contribution in [2.24, 2.45) is 11.8 Å². The standard InChI is InChI=1S/C15H19N3/c1-10-14-5-6-18(15(14)17-9-16-10)13-7-11-3-2-4-12(11)8-13/h5-6,9,11-13H,2-4,7-8H2,1H3. The predicted octanol–water partition coefficient (Wildman–Crippen LogP) is 3.49. The van der Waals surface area contributed by atoms with Crippen molar-refractivity contribution in [2.75, 3.05) is 0 Å². The van der Waals surface area contributed by atoms with Crippen LogP contribution in [0.2, 0.25) is 0 Å². The fourth-order valence-electron chi connectivity index (χ4n) is 4.15. The molecule has 0 bridgehead atoms. The summed E-state index contributed by atoms with van der Waals surface area (Å²) in [5, 5.41) is 1.22. The van der Waals surface area contributed by atoms with Crippen molar-refractivity contribution in [3.05, 3.63) is 24.3 Å². The lowest BCUT2D eigenvalue weighted by Gasteiger charge is -2.14. The Balaban J connectivity index is 1.73. The first-order valence-corrected chi connectivity index (χ1v) is 7.11. The zero-order chi connectivity index (χ0) is 12.1. The second-order valence-corrected chi connectivity index (χ2v) is 6.00. The van der Waals surface area contributed by atoms with Crippen LogP contribution in [0.15, 0.2) is 18.6 Å². The molecule has 2 heterocycles.